The minimum absolute atomic E-state index is 0.0502. The van der Waals surface area contributed by atoms with Gasteiger partial charge < -0.3 is 24.0 Å². The fraction of sp³-hybridized carbons (Fsp3) is 0.351. The third-order valence-corrected chi connectivity index (χ3v) is 9.28. The van der Waals surface area contributed by atoms with Crippen LogP contribution in [0.3, 0.4) is 0 Å². The molecule has 3 heterocycles. The average molecular weight is 746 g/mol. The van der Waals surface area contributed by atoms with Crippen molar-refractivity contribution in [2.75, 3.05) is 18.0 Å². The van der Waals surface area contributed by atoms with Crippen molar-refractivity contribution in [2.24, 2.45) is 0 Å². The first-order chi connectivity index (χ1) is 25.2. The van der Waals surface area contributed by atoms with E-state index in [9.17, 15) is 45.1 Å². The normalized spacial score (nSPS) is 18.9. The van der Waals surface area contributed by atoms with E-state index in [0.29, 0.717) is 25.5 Å². The van der Waals surface area contributed by atoms with Crippen molar-refractivity contribution >= 4 is 23.5 Å². The third-order valence-electron chi connectivity index (χ3n) is 9.28. The maximum atomic E-state index is 14.5. The second-order valence-corrected chi connectivity index (χ2v) is 12.8. The lowest BCUT2D eigenvalue weighted by Gasteiger charge is -2.56. The Balaban J connectivity index is 1.46. The van der Waals surface area contributed by atoms with Crippen molar-refractivity contribution in [3.05, 3.63) is 120 Å². The first kappa shape index (κ1) is 37.4. The molecule has 6 rings (SSSR count). The van der Waals surface area contributed by atoms with Crippen LogP contribution in [0.2, 0.25) is 0 Å². The number of imidazole rings is 1. The molecule has 2 unspecified atom stereocenters. The second-order valence-electron chi connectivity index (χ2n) is 12.8. The number of carbonyl (C=O) groups is 3. The van der Waals surface area contributed by atoms with E-state index in [1.807, 2.05) is 30.3 Å². The van der Waals surface area contributed by atoms with Gasteiger partial charge in [0.25, 0.3) is 5.91 Å². The highest BCUT2D eigenvalue weighted by atomic mass is 19.4. The first-order valence-electron chi connectivity index (χ1n) is 16.9. The zero-order valence-corrected chi connectivity index (χ0v) is 28.1. The van der Waals surface area contributed by atoms with E-state index in [2.05, 4.69) is 4.98 Å². The van der Waals surface area contributed by atoms with Crippen LogP contribution in [0, 0.1) is 5.82 Å². The summed E-state index contributed by atoms with van der Waals surface area (Å²) in [6, 6.07) is 15.4. The summed E-state index contributed by atoms with van der Waals surface area (Å²) in [6.45, 7) is 0.0607. The smallest absolute Gasteiger partial charge is 0.430 e. The Morgan fingerprint density at radius 3 is 2.23 bits per heavy atom. The van der Waals surface area contributed by atoms with E-state index in [1.165, 1.54) is 29.6 Å². The lowest BCUT2D eigenvalue weighted by molar-refractivity contribution is -0.223. The number of nitrogens with zero attached hydrogens (tertiary/aromatic N) is 5. The van der Waals surface area contributed by atoms with Crippen LogP contribution in [0.5, 0.6) is 0 Å². The highest BCUT2D eigenvalue weighted by Gasteiger charge is 2.57. The number of carbonyl (C=O) groups excluding carboxylic acids is 3. The lowest BCUT2D eigenvalue weighted by atomic mass is 9.93. The number of amides is 2. The van der Waals surface area contributed by atoms with Crippen molar-refractivity contribution < 1.29 is 49.9 Å². The molecule has 0 aliphatic carbocycles. The monoisotopic (exact) mass is 745 g/mol. The standard InChI is InChI=1S/C37H34F7N5O4/c38-27-12-6-11-25(20-27)21-30-33(51)48(17-5-4-10-24-8-2-1-3-9-24)34(53-35(52)37(42,43)44)31-47(18-7-16-46-19-15-45-23-46)29-14-13-26(36(39,40)41)22-28(29)32(50)49(30)31/h1-3,6,8-9,11-15,19-20,22-23,30-31,34H,4-5,7,10,16-18,21H2/t30-,31?,34?/m0/s1. The van der Waals surface area contributed by atoms with Crippen molar-refractivity contribution in [3.63, 3.8) is 0 Å². The number of benzene rings is 3. The van der Waals surface area contributed by atoms with Gasteiger partial charge in [0.2, 0.25) is 12.1 Å². The van der Waals surface area contributed by atoms with Gasteiger partial charge in [0.05, 0.1) is 23.1 Å². The van der Waals surface area contributed by atoms with Crippen LogP contribution in [0.4, 0.5) is 36.4 Å². The quantitative estimate of drug-likeness (QED) is 0.0921. The van der Waals surface area contributed by atoms with E-state index < -0.39 is 65.5 Å². The number of halogens is 7. The number of fused-ring (bicyclic) bond motifs is 2. The van der Waals surface area contributed by atoms with E-state index in [1.54, 1.807) is 10.8 Å². The Bertz CT molecular complexity index is 1920. The summed E-state index contributed by atoms with van der Waals surface area (Å²) in [5, 5.41) is 0. The zero-order chi connectivity index (χ0) is 37.9. The van der Waals surface area contributed by atoms with Crippen molar-refractivity contribution in [1.82, 2.24) is 19.4 Å². The summed E-state index contributed by atoms with van der Waals surface area (Å²) in [4.78, 5) is 48.7. The Kier molecular flexibility index (Phi) is 10.8. The van der Waals surface area contributed by atoms with Gasteiger partial charge in [-0.25, -0.2) is 14.2 Å². The summed E-state index contributed by atoms with van der Waals surface area (Å²) < 4.78 is 105. The number of alkyl halides is 6. The summed E-state index contributed by atoms with van der Waals surface area (Å²) in [6.07, 6.45) is -8.07. The Morgan fingerprint density at radius 1 is 0.811 bits per heavy atom. The number of hydrogen-bond donors (Lipinski definition) is 0. The van der Waals surface area contributed by atoms with Gasteiger partial charge >= 0.3 is 18.3 Å². The highest BCUT2D eigenvalue weighted by molar-refractivity contribution is 6.05. The molecule has 0 radical (unpaired) electrons. The zero-order valence-electron chi connectivity index (χ0n) is 28.1. The van der Waals surface area contributed by atoms with Gasteiger partial charge in [-0.3, -0.25) is 9.59 Å². The molecule has 1 fully saturated rings. The fourth-order valence-corrected chi connectivity index (χ4v) is 6.86. The number of aromatic nitrogens is 2. The maximum absolute atomic E-state index is 14.5. The molecule has 0 N–H and O–H groups in total. The van der Waals surface area contributed by atoms with Crippen LogP contribution in [0.15, 0.2) is 91.5 Å². The van der Waals surface area contributed by atoms with Crippen LogP contribution in [-0.4, -0.2) is 74.8 Å². The molecule has 16 heteroatoms. The number of rotatable bonds is 12. The molecule has 280 valence electrons. The van der Waals surface area contributed by atoms with Crippen LogP contribution in [-0.2, 0) is 39.9 Å². The highest BCUT2D eigenvalue weighted by Crippen LogP contribution is 2.42. The van der Waals surface area contributed by atoms with E-state index >= 15 is 0 Å². The molecule has 9 nitrogen and oxygen atoms in total. The van der Waals surface area contributed by atoms with Crippen molar-refractivity contribution in [3.8, 4) is 0 Å². The van der Waals surface area contributed by atoms with Gasteiger partial charge in [-0.2, -0.15) is 26.3 Å². The molecule has 3 atom stereocenters. The summed E-state index contributed by atoms with van der Waals surface area (Å²) in [7, 11) is 0. The summed E-state index contributed by atoms with van der Waals surface area (Å²) >= 11 is 0. The number of hydrogen-bond acceptors (Lipinski definition) is 6. The predicted octanol–water partition coefficient (Wildman–Crippen LogP) is 6.63. The number of anilines is 1. The van der Waals surface area contributed by atoms with E-state index in [0.717, 1.165) is 39.6 Å². The van der Waals surface area contributed by atoms with E-state index in [4.69, 9.17) is 4.74 Å². The molecule has 0 spiro atoms. The maximum Gasteiger partial charge on any atom is 0.491 e. The summed E-state index contributed by atoms with van der Waals surface area (Å²) in [5.74, 6) is -5.28. The molecule has 4 aromatic rings. The number of aryl methyl sites for hydroxylation is 2. The Hall–Kier alpha value is -5.41. The largest absolute Gasteiger partial charge is 0.491 e. The molecule has 2 aliphatic rings. The SMILES string of the molecule is O=C1[C@H](Cc2cccc(F)c2)N2C(=O)c3cc(C(F)(F)F)ccc3N(CCCn3ccnc3)C2C(OC(=O)C(F)(F)F)N1CCCCc1ccccc1. The van der Waals surface area contributed by atoms with Crippen molar-refractivity contribution in [1.29, 1.82) is 0 Å². The average Bonchev–Trinajstić information content (AvgIpc) is 3.63. The minimum Gasteiger partial charge on any atom is -0.430 e. The van der Waals surface area contributed by atoms with Gasteiger partial charge in [-0.05, 0) is 67.1 Å². The number of esters is 1. The fourth-order valence-electron chi connectivity index (χ4n) is 6.86. The minimum atomic E-state index is -5.49. The molecule has 0 saturated carbocycles. The number of unbranched alkanes of at least 4 members (excludes halogenated alkanes) is 1. The van der Waals surface area contributed by atoms with Gasteiger partial charge in [-0.1, -0.05) is 42.5 Å². The van der Waals surface area contributed by atoms with Gasteiger partial charge in [-0.15, -0.1) is 0 Å². The lowest BCUT2D eigenvalue weighted by Crippen LogP contribution is -2.75. The second kappa shape index (κ2) is 15.3. The molecule has 0 bridgehead atoms. The number of piperazine rings is 1. The van der Waals surface area contributed by atoms with Gasteiger partial charge in [0.1, 0.15) is 11.9 Å². The Labute approximate surface area is 299 Å². The molecular formula is C37H34F7N5O4. The van der Waals surface area contributed by atoms with E-state index in [-0.39, 0.29) is 43.6 Å². The van der Waals surface area contributed by atoms with Crippen LogP contribution in [0.1, 0.15) is 46.3 Å². The Morgan fingerprint density at radius 2 is 1.55 bits per heavy atom. The van der Waals surface area contributed by atoms with Crippen LogP contribution < -0.4 is 4.90 Å². The summed E-state index contributed by atoms with van der Waals surface area (Å²) in [5.41, 5.74) is -0.444. The molecule has 2 amide bonds. The molecular weight excluding hydrogens is 711 g/mol. The molecule has 1 saturated heterocycles. The predicted molar refractivity (Wildman–Crippen MR) is 177 cm³/mol. The molecule has 2 aliphatic heterocycles. The van der Waals surface area contributed by atoms with Crippen LogP contribution in [0.25, 0.3) is 0 Å². The van der Waals surface area contributed by atoms with Gasteiger partial charge in [0, 0.05) is 38.4 Å². The first-order valence-corrected chi connectivity index (χ1v) is 16.9. The van der Waals surface area contributed by atoms with Gasteiger partial charge in [0.15, 0.2) is 6.17 Å². The topological polar surface area (TPSA) is 88.0 Å². The molecule has 1 aromatic heterocycles. The van der Waals surface area contributed by atoms with Crippen LogP contribution >= 0.6 is 0 Å². The third kappa shape index (κ3) is 8.31. The molecule has 53 heavy (non-hydrogen) atoms. The molecule has 3 aromatic carbocycles. The number of ether oxygens (including phenoxy) is 1. The van der Waals surface area contributed by atoms with Crippen molar-refractivity contribution in [2.45, 2.75) is 69.4 Å².